The summed E-state index contributed by atoms with van der Waals surface area (Å²) in [5.74, 6) is -4.81. The maximum absolute atomic E-state index is 15.1. The molecule has 1 atom stereocenters. The first-order chi connectivity index (χ1) is 20.8. The maximum atomic E-state index is 15.1. The van der Waals surface area contributed by atoms with Crippen LogP contribution in [-0.2, 0) is 6.61 Å². The van der Waals surface area contributed by atoms with Gasteiger partial charge >= 0.3 is 0 Å². The highest BCUT2D eigenvalue weighted by atomic mass is 19.2. The van der Waals surface area contributed by atoms with Gasteiger partial charge in [0.15, 0.2) is 23.1 Å². The summed E-state index contributed by atoms with van der Waals surface area (Å²) in [6, 6.07) is 10.2. The molecule has 0 saturated carbocycles. The number of benzene rings is 3. The highest BCUT2D eigenvalue weighted by Gasteiger charge is 2.25. The summed E-state index contributed by atoms with van der Waals surface area (Å²) >= 11 is 0. The lowest BCUT2D eigenvalue weighted by Crippen LogP contribution is -2.09. The van der Waals surface area contributed by atoms with Gasteiger partial charge < -0.3 is 14.2 Å². The lowest BCUT2D eigenvalue weighted by atomic mass is 9.82. The van der Waals surface area contributed by atoms with E-state index in [2.05, 4.69) is 6.92 Å². The molecule has 0 heterocycles. The topological polar surface area (TPSA) is 27.7 Å². The molecule has 0 saturated heterocycles. The van der Waals surface area contributed by atoms with Crippen LogP contribution in [0.4, 0.5) is 22.0 Å². The molecule has 0 spiro atoms. The third-order valence-corrected chi connectivity index (χ3v) is 7.75. The van der Waals surface area contributed by atoms with Gasteiger partial charge in [0.2, 0.25) is 11.6 Å². The van der Waals surface area contributed by atoms with Crippen molar-refractivity contribution in [1.82, 2.24) is 0 Å². The van der Waals surface area contributed by atoms with Gasteiger partial charge in [-0.05, 0) is 79.5 Å². The number of hydrogen-bond acceptors (Lipinski definition) is 3. The summed E-state index contributed by atoms with van der Waals surface area (Å²) in [6.45, 7) is 4.43. The molecule has 0 N–H and O–H groups in total. The van der Waals surface area contributed by atoms with Crippen molar-refractivity contribution in [2.24, 2.45) is 0 Å². The molecule has 0 fully saturated rings. The Hall–Kier alpha value is -3.55. The smallest absolute Gasteiger partial charge is 0.201 e. The molecule has 0 radical (unpaired) electrons. The van der Waals surface area contributed by atoms with Crippen molar-refractivity contribution in [1.29, 1.82) is 0 Å². The summed E-state index contributed by atoms with van der Waals surface area (Å²) in [5.41, 5.74) is 1.43. The molecule has 3 aromatic carbocycles. The van der Waals surface area contributed by atoms with E-state index in [9.17, 15) is 17.6 Å². The molecule has 232 valence electrons. The minimum absolute atomic E-state index is 0.00873. The van der Waals surface area contributed by atoms with Gasteiger partial charge in [-0.2, -0.15) is 8.78 Å². The molecule has 1 aliphatic carbocycles. The zero-order valence-corrected chi connectivity index (χ0v) is 24.8. The molecular weight excluding hydrogens is 563 g/mol. The van der Waals surface area contributed by atoms with Gasteiger partial charge in [-0.1, -0.05) is 51.7 Å². The van der Waals surface area contributed by atoms with Crippen LogP contribution in [0.25, 0.3) is 5.57 Å². The van der Waals surface area contributed by atoms with Gasteiger partial charge in [0.25, 0.3) is 0 Å². The van der Waals surface area contributed by atoms with E-state index in [4.69, 9.17) is 14.2 Å². The lowest BCUT2D eigenvalue weighted by molar-refractivity contribution is 0.276. The van der Waals surface area contributed by atoms with Gasteiger partial charge in [0.1, 0.15) is 18.2 Å². The Morgan fingerprint density at radius 1 is 0.698 bits per heavy atom. The second kappa shape index (κ2) is 15.8. The predicted octanol–water partition coefficient (Wildman–Crippen LogP) is 10.5. The molecule has 1 unspecified atom stereocenters. The van der Waals surface area contributed by atoms with E-state index in [0.29, 0.717) is 38.0 Å². The third-order valence-electron chi connectivity index (χ3n) is 7.75. The molecule has 3 aromatic rings. The van der Waals surface area contributed by atoms with Crippen molar-refractivity contribution < 1.29 is 36.2 Å². The summed E-state index contributed by atoms with van der Waals surface area (Å²) < 4.78 is 89.8. The standard InChI is InChI=1S/C35H39F5O3/c1-3-5-7-8-20-42-30-17-13-25(32(37)34(30)39)22-43-26-14-15-27(29(36)21-26)23-9-11-24(12-10-23)28-16-18-31(35(40)33(28)38)41-19-6-4-2/h9,13-18,21,24H,3-8,10-12,19-20,22H2,1-2H3. The average Bonchev–Trinajstić information content (AvgIpc) is 3.01. The molecule has 43 heavy (non-hydrogen) atoms. The van der Waals surface area contributed by atoms with Gasteiger partial charge in [0.05, 0.1) is 13.2 Å². The number of rotatable bonds is 15. The molecule has 4 rings (SSSR count). The molecule has 0 aromatic heterocycles. The second-order valence-electron chi connectivity index (χ2n) is 10.9. The van der Waals surface area contributed by atoms with Crippen molar-refractivity contribution >= 4 is 5.57 Å². The second-order valence-corrected chi connectivity index (χ2v) is 10.9. The van der Waals surface area contributed by atoms with Crippen molar-refractivity contribution in [2.45, 2.75) is 84.2 Å². The molecular formula is C35H39F5O3. The zero-order valence-electron chi connectivity index (χ0n) is 24.8. The Bertz CT molecular complexity index is 1400. The van der Waals surface area contributed by atoms with Gasteiger partial charge in [-0.25, -0.2) is 13.2 Å². The Morgan fingerprint density at radius 2 is 1.40 bits per heavy atom. The van der Waals surface area contributed by atoms with Gasteiger partial charge in [-0.3, -0.25) is 0 Å². The minimum Gasteiger partial charge on any atom is -0.490 e. The van der Waals surface area contributed by atoms with Crippen LogP contribution in [0, 0.1) is 29.1 Å². The van der Waals surface area contributed by atoms with Gasteiger partial charge in [-0.15, -0.1) is 0 Å². The van der Waals surface area contributed by atoms with Crippen LogP contribution < -0.4 is 14.2 Å². The van der Waals surface area contributed by atoms with E-state index < -0.39 is 29.1 Å². The normalized spacial score (nSPS) is 14.9. The van der Waals surface area contributed by atoms with Crippen LogP contribution in [0.5, 0.6) is 17.2 Å². The van der Waals surface area contributed by atoms with E-state index in [1.807, 2.05) is 13.0 Å². The monoisotopic (exact) mass is 602 g/mol. The number of allylic oxidation sites excluding steroid dienone is 2. The van der Waals surface area contributed by atoms with Gasteiger partial charge in [0, 0.05) is 17.2 Å². The Labute approximate surface area is 250 Å². The number of ether oxygens (including phenoxy) is 3. The van der Waals surface area contributed by atoms with E-state index >= 15 is 4.39 Å². The highest BCUT2D eigenvalue weighted by Crippen LogP contribution is 2.39. The number of halogens is 5. The van der Waals surface area contributed by atoms with E-state index in [0.717, 1.165) is 44.1 Å². The Kier molecular flexibility index (Phi) is 11.9. The van der Waals surface area contributed by atoms with E-state index in [1.54, 1.807) is 18.2 Å². The average molecular weight is 603 g/mol. The molecule has 3 nitrogen and oxygen atoms in total. The van der Waals surface area contributed by atoms with Crippen LogP contribution in [0.2, 0.25) is 0 Å². The van der Waals surface area contributed by atoms with Crippen LogP contribution in [0.1, 0.15) is 94.2 Å². The van der Waals surface area contributed by atoms with E-state index in [-0.39, 0.29) is 40.9 Å². The first-order valence-electron chi connectivity index (χ1n) is 15.2. The summed E-state index contributed by atoms with van der Waals surface area (Å²) in [4.78, 5) is 0. The quantitative estimate of drug-likeness (QED) is 0.128. The minimum atomic E-state index is -1.07. The molecule has 8 heteroatoms. The van der Waals surface area contributed by atoms with Crippen LogP contribution >= 0.6 is 0 Å². The van der Waals surface area contributed by atoms with Crippen LogP contribution in [0.3, 0.4) is 0 Å². The summed E-state index contributed by atoms with van der Waals surface area (Å²) in [7, 11) is 0. The zero-order chi connectivity index (χ0) is 30.8. The predicted molar refractivity (Wildman–Crippen MR) is 158 cm³/mol. The lowest BCUT2D eigenvalue weighted by Gasteiger charge is -2.24. The summed E-state index contributed by atoms with van der Waals surface area (Å²) in [6.07, 6.45) is 8.79. The van der Waals surface area contributed by atoms with Crippen molar-refractivity contribution in [3.63, 3.8) is 0 Å². The van der Waals surface area contributed by atoms with Crippen molar-refractivity contribution in [3.05, 3.63) is 94.3 Å². The maximum Gasteiger partial charge on any atom is 0.201 e. The molecule has 1 aliphatic rings. The third kappa shape index (κ3) is 8.30. The first-order valence-corrected chi connectivity index (χ1v) is 15.2. The number of unbranched alkanes of at least 4 members (excludes halogenated alkanes) is 4. The molecule has 0 amide bonds. The highest BCUT2D eigenvalue weighted by molar-refractivity contribution is 5.67. The number of hydrogen-bond donors (Lipinski definition) is 0. The summed E-state index contributed by atoms with van der Waals surface area (Å²) in [5, 5.41) is 0. The van der Waals surface area contributed by atoms with Crippen molar-refractivity contribution in [2.75, 3.05) is 13.2 Å². The Balaban J connectivity index is 1.35. The van der Waals surface area contributed by atoms with Crippen molar-refractivity contribution in [3.8, 4) is 17.2 Å². The van der Waals surface area contributed by atoms with Crippen LogP contribution in [-0.4, -0.2) is 13.2 Å². The SMILES string of the molecule is CCCCCCOc1ccc(COc2ccc(C3=CCC(c4ccc(OCCCC)c(F)c4F)CC3)c(F)c2)c(F)c1F. The fraction of sp³-hybridized carbons (Fsp3) is 0.429. The first kappa shape index (κ1) is 32.4. The van der Waals surface area contributed by atoms with Crippen LogP contribution in [0.15, 0.2) is 48.5 Å². The largest absolute Gasteiger partial charge is 0.490 e. The fourth-order valence-corrected chi connectivity index (χ4v) is 5.17. The molecule has 0 bridgehead atoms. The molecule has 0 aliphatic heterocycles. The fourth-order valence-electron chi connectivity index (χ4n) is 5.17. The Morgan fingerprint density at radius 3 is 2.07 bits per heavy atom. The van der Waals surface area contributed by atoms with E-state index in [1.165, 1.54) is 24.3 Å².